The molecule has 0 amide bonds. The van der Waals surface area contributed by atoms with Gasteiger partial charge in [-0.2, -0.15) is 0 Å². The van der Waals surface area contributed by atoms with Crippen LogP contribution in [0.2, 0.25) is 5.02 Å². The second-order valence-corrected chi connectivity index (χ2v) is 10.9. The van der Waals surface area contributed by atoms with Gasteiger partial charge in [0.05, 0.1) is 11.6 Å². The number of hydrogen-bond acceptors (Lipinski definition) is 5. The summed E-state index contributed by atoms with van der Waals surface area (Å²) in [6.07, 6.45) is 0. The highest BCUT2D eigenvalue weighted by Gasteiger charge is 2.33. The molecule has 0 saturated heterocycles. The SMILES string of the molecule is Cc1ccc2[nH]c(=O)c(CN(Cc3ccccc3Cl)[C@@H](c3nnnn3C(C)(C)C)C(C)C)cc2c1. The van der Waals surface area contributed by atoms with Gasteiger partial charge in [0.15, 0.2) is 5.82 Å². The zero-order valence-corrected chi connectivity index (χ0v) is 22.0. The van der Waals surface area contributed by atoms with Crippen LogP contribution >= 0.6 is 11.6 Å². The zero-order chi connectivity index (χ0) is 25.3. The highest BCUT2D eigenvalue weighted by atomic mass is 35.5. The summed E-state index contributed by atoms with van der Waals surface area (Å²) in [6, 6.07) is 15.7. The summed E-state index contributed by atoms with van der Waals surface area (Å²) >= 11 is 6.57. The quantitative estimate of drug-likeness (QED) is 0.361. The number of aromatic nitrogens is 5. The third kappa shape index (κ3) is 5.46. The molecule has 2 aromatic heterocycles. The molecule has 8 heteroatoms. The molecule has 0 aliphatic heterocycles. The number of aromatic amines is 1. The fourth-order valence-corrected chi connectivity index (χ4v) is 4.74. The molecule has 184 valence electrons. The molecule has 0 bridgehead atoms. The van der Waals surface area contributed by atoms with Gasteiger partial charge in [0.2, 0.25) is 0 Å². The molecule has 0 fully saturated rings. The Morgan fingerprint density at radius 1 is 1.06 bits per heavy atom. The lowest BCUT2D eigenvalue weighted by atomic mass is 9.98. The number of pyridine rings is 1. The maximum Gasteiger partial charge on any atom is 0.252 e. The monoisotopic (exact) mass is 492 g/mol. The minimum Gasteiger partial charge on any atom is -0.322 e. The molecule has 7 nitrogen and oxygen atoms in total. The molecule has 0 aliphatic carbocycles. The highest BCUT2D eigenvalue weighted by molar-refractivity contribution is 6.31. The predicted molar refractivity (Wildman–Crippen MR) is 140 cm³/mol. The average molecular weight is 493 g/mol. The van der Waals surface area contributed by atoms with Gasteiger partial charge in [-0.1, -0.05) is 55.3 Å². The minimum absolute atomic E-state index is 0.0940. The summed E-state index contributed by atoms with van der Waals surface area (Å²) in [5.41, 5.74) is 3.27. The fraction of sp³-hybridized carbons (Fsp3) is 0.407. The van der Waals surface area contributed by atoms with Crippen molar-refractivity contribution in [3.63, 3.8) is 0 Å². The van der Waals surface area contributed by atoms with E-state index >= 15 is 0 Å². The van der Waals surface area contributed by atoms with E-state index in [1.165, 1.54) is 0 Å². The van der Waals surface area contributed by atoms with E-state index in [-0.39, 0.29) is 23.1 Å². The first-order chi connectivity index (χ1) is 16.5. The second kappa shape index (κ2) is 9.91. The Kier molecular flexibility index (Phi) is 7.10. The van der Waals surface area contributed by atoms with Crippen molar-refractivity contribution in [2.75, 3.05) is 0 Å². The molecule has 35 heavy (non-hydrogen) atoms. The molecule has 1 atom stereocenters. The molecule has 1 N–H and O–H groups in total. The Labute approximate surface area is 211 Å². The normalized spacial score (nSPS) is 13.2. The minimum atomic E-state index is -0.292. The van der Waals surface area contributed by atoms with E-state index in [0.29, 0.717) is 23.7 Å². The maximum absolute atomic E-state index is 13.1. The van der Waals surface area contributed by atoms with Crippen molar-refractivity contribution in [3.8, 4) is 0 Å². The Bertz CT molecular complexity index is 1380. The van der Waals surface area contributed by atoms with Crippen LogP contribution in [0.4, 0.5) is 0 Å². The lowest BCUT2D eigenvalue weighted by Gasteiger charge is -2.35. The molecule has 0 radical (unpaired) electrons. The topological polar surface area (TPSA) is 79.7 Å². The van der Waals surface area contributed by atoms with E-state index in [1.807, 2.05) is 47.1 Å². The summed E-state index contributed by atoms with van der Waals surface area (Å²) in [7, 11) is 0. The summed E-state index contributed by atoms with van der Waals surface area (Å²) in [6.45, 7) is 13.6. The van der Waals surface area contributed by atoms with Gasteiger partial charge in [0.25, 0.3) is 5.56 Å². The van der Waals surface area contributed by atoms with Gasteiger partial charge < -0.3 is 4.98 Å². The number of aryl methyl sites for hydroxylation is 1. The summed E-state index contributed by atoms with van der Waals surface area (Å²) in [5, 5.41) is 14.5. The summed E-state index contributed by atoms with van der Waals surface area (Å²) in [4.78, 5) is 18.4. The zero-order valence-electron chi connectivity index (χ0n) is 21.2. The number of H-pyrrole nitrogens is 1. The molecule has 2 heterocycles. The second-order valence-electron chi connectivity index (χ2n) is 10.5. The Morgan fingerprint density at radius 2 is 1.77 bits per heavy atom. The number of rotatable bonds is 7. The number of tetrazole rings is 1. The van der Waals surface area contributed by atoms with Crippen LogP contribution in [0, 0.1) is 12.8 Å². The van der Waals surface area contributed by atoms with Gasteiger partial charge in [0, 0.05) is 29.2 Å². The van der Waals surface area contributed by atoms with Crippen molar-refractivity contribution in [1.29, 1.82) is 0 Å². The van der Waals surface area contributed by atoms with E-state index in [2.05, 4.69) is 73.0 Å². The molecule has 4 rings (SSSR count). The van der Waals surface area contributed by atoms with Gasteiger partial charge in [-0.25, -0.2) is 4.68 Å². The van der Waals surface area contributed by atoms with Gasteiger partial charge in [-0.15, -0.1) is 5.10 Å². The van der Waals surface area contributed by atoms with Crippen LogP contribution in [-0.4, -0.2) is 30.1 Å². The van der Waals surface area contributed by atoms with Crippen LogP contribution < -0.4 is 5.56 Å². The summed E-state index contributed by atoms with van der Waals surface area (Å²) < 4.78 is 1.88. The number of fused-ring (bicyclic) bond motifs is 1. The van der Waals surface area contributed by atoms with Crippen molar-refractivity contribution in [2.24, 2.45) is 5.92 Å². The number of hydrogen-bond donors (Lipinski definition) is 1. The van der Waals surface area contributed by atoms with Gasteiger partial charge in [0.1, 0.15) is 0 Å². The maximum atomic E-state index is 13.1. The predicted octanol–water partition coefficient (Wildman–Crippen LogP) is 5.63. The standard InChI is InChI=1S/C27H33ClN6O/c1-17(2)24(25-30-31-32-34(25)27(4,5)6)33(15-19-9-7-8-10-22(19)28)16-21-14-20-13-18(3)11-12-23(20)29-26(21)35/h7-14,17,24H,15-16H2,1-6H3,(H,29,35)/t24-/m1/s1. The summed E-state index contributed by atoms with van der Waals surface area (Å²) in [5.74, 6) is 0.944. The molecule has 0 spiro atoms. The highest BCUT2D eigenvalue weighted by Crippen LogP contribution is 2.33. The molecule has 0 aliphatic rings. The van der Waals surface area contributed by atoms with Crippen molar-refractivity contribution in [3.05, 3.63) is 86.4 Å². The molecule has 4 aromatic rings. The number of halogens is 1. The van der Waals surface area contributed by atoms with E-state index < -0.39 is 0 Å². The van der Waals surface area contributed by atoms with E-state index in [4.69, 9.17) is 11.6 Å². The lowest BCUT2D eigenvalue weighted by Crippen LogP contribution is -2.37. The first-order valence-electron chi connectivity index (χ1n) is 11.9. The lowest BCUT2D eigenvalue weighted by molar-refractivity contribution is 0.120. The van der Waals surface area contributed by atoms with E-state index in [1.54, 1.807) is 0 Å². The molecule has 2 aromatic carbocycles. The first-order valence-corrected chi connectivity index (χ1v) is 12.3. The van der Waals surface area contributed by atoms with Gasteiger partial charge in [-0.05, 0) is 79.3 Å². The van der Waals surface area contributed by atoms with Crippen molar-refractivity contribution in [2.45, 2.75) is 66.2 Å². The smallest absolute Gasteiger partial charge is 0.252 e. The van der Waals surface area contributed by atoms with Crippen molar-refractivity contribution in [1.82, 2.24) is 30.1 Å². The molecular formula is C27H33ClN6O. The van der Waals surface area contributed by atoms with Gasteiger partial charge >= 0.3 is 0 Å². The Balaban J connectivity index is 1.83. The fourth-order valence-electron chi connectivity index (χ4n) is 4.54. The van der Waals surface area contributed by atoms with Crippen LogP contribution in [0.15, 0.2) is 53.3 Å². The van der Waals surface area contributed by atoms with Crippen LogP contribution in [0.5, 0.6) is 0 Å². The Morgan fingerprint density at radius 3 is 2.46 bits per heavy atom. The molecule has 0 unspecified atom stereocenters. The van der Waals surface area contributed by atoms with Crippen LogP contribution in [-0.2, 0) is 18.6 Å². The average Bonchev–Trinajstić information content (AvgIpc) is 3.26. The number of nitrogens with zero attached hydrogens (tertiary/aromatic N) is 5. The number of benzene rings is 2. The largest absolute Gasteiger partial charge is 0.322 e. The Hall–Kier alpha value is -3.03. The molecular weight excluding hydrogens is 460 g/mol. The van der Waals surface area contributed by atoms with Crippen LogP contribution in [0.1, 0.15) is 63.2 Å². The third-order valence-electron chi connectivity index (χ3n) is 6.20. The molecule has 0 saturated carbocycles. The van der Waals surface area contributed by atoms with Crippen LogP contribution in [0.3, 0.4) is 0 Å². The third-order valence-corrected chi connectivity index (χ3v) is 6.57. The van der Waals surface area contributed by atoms with Crippen molar-refractivity contribution >= 4 is 22.5 Å². The van der Waals surface area contributed by atoms with Crippen molar-refractivity contribution < 1.29 is 0 Å². The van der Waals surface area contributed by atoms with Gasteiger partial charge in [-0.3, -0.25) is 9.69 Å². The van der Waals surface area contributed by atoms with Crippen LogP contribution in [0.25, 0.3) is 10.9 Å². The van der Waals surface area contributed by atoms with E-state index in [0.717, 1.165) is 27.9 Å². The first kappa shape index (κ1) is 25.1. The number of nitrogens with one attached hydrogen (secondary N) is 1. The van der Waals surface area contributed by atoms with E-state index in [9.17, 15) is 4.79 Å².